The monoisotopic (exact) mass is 300 g/mol. The first-order valence-electron chi connectivity index (χ1n) is 8.26. The Balaban J connectivity index is 4.23. The van der Waals surface area contributed by atoms with E-state index in [1.165, 1.54) is 0 Å². The molecule has 5 nitrogen and oxygen atoms in total. The molecule has 0 aromatic rings. The number of rotatable bonds is 11. The third-order valence-electron chi connectivity index (χ3n) is 3.65. The van der Waals surface area contributed by atoms with E-state index in [0.29, 0.717) is 0 Å². The van der Waals surface area contributed by atoms with Gasteiger partial charge in [0.25, 0.3) is 0 Å². The zero-order valence-electron chi connectivity index (χ0n) is 13.9. The highest BCUT2D eigenvalue weighted by Crippen LogP contribution is 2.04. The van der Waals surface area contributed by atoms with Crippen LogP contribution in [-0.2, 0) is 9.59 Å². The summed E-state index contributed by atoms with van der Waals surface area (Å²) in [5.41, 5.74) is 0. The van der Waals surface area contributed by atoms with Crippen molar-refractivity contribution in [2.45, 2.75) is 90.8 Å². The van der Waals surface area contributed by atoms with Crippen molar-refractivity contribution >= 4 is 11.8 Å². The van der Waals surface area contributed by atoms with Gasteiger partial charge in [0.15, 0.2) is 0 Å². The van der Waals surface area contributed by atoms with Gasteiger partial charge in [0.1, 0.15) is 6.10 Å². The lowest BCUT2D eigenvalue weighted by molar-refractivity contribution is -0.135. The Morgan fingerprint density at radius 2 is 1.38 bits per heavy atom. The van der Waals surface area contributed by atoms with Crippen LogP contribution in [0.1, 0.15) is 72.6 Å². The van der Waals surface area contributed by atoms with E-state index in [4.69, 9.17) is 0 Å². The van der Waals surface area contributed by atoms with Gasteiger partial charge in [-0.15, -0.1) is 0 Å². The zero-order chi connectivity index (χ0) is 16.3. The minimum atomic E-state index is -1.27. The molecule has 0 bridgehead atoms. The fraction of sp³-hybridized carbons (Fsp3) is 0.875. The molecule has 0 heterocycles. The molecule has 0 aliphatic carbocycles. The molecule has 0 aromatic heterocycles. The minimum Gasteiger partial charge on any atom is -0.383 e. The molecular weight excluding hydrogens is 268 g/mol. The second-order valence-electron chi connectivity index (χ2n) is 5.58. The quantitative estimate of drug-likeness (QED) is 0.547. The first kappa shape index (κ1) is 19.9. The number of amides is 2. The molecule has 0 aromatic carbocycles. The molecule has 3 unspecified atom stereocenters. The van der Waals surface area contributed by atoms with Gasteiger partial charge in [0, 0.05) is 12.1 Å². The summed E-state index contributed by atoms with van der Waals surface area (Å²) in [6.07, 6.45) is 4.02. The third kappa shape index (κ3) is 8.71. The highest BCUT2D eigenvalue weighted by molar-refractivity contribution is 5.87. The summed E-state index contributed by atoms with van der Waals surface area (Å²) in [5.74, 6) is -0.713. The predicted octanol–water partition coefficient (Wildman–Crippen LogP) is 2.13. The lowest BCUT2D eigenvalue weighted by atomic mass is 10.1. The Morgan fingerprint density at radius 3 is 1.81 bits per heavy atom. The molecule has 0 aliphatic heterocycles. The lowest BCUT2D eigenvalue weighted by Gasteiger charge is -2.20. The van der Waals surface area contributed by atoms with E-state index in [2.05, 4.69) is 24.5 Å². The standard InChI is InChI=1S/C16H32N2O3/c1-5-9-12(7-3)17-15(20)11-14(19)16(21)18-13(8-4)10-6-2/h12-14,19H,5-11H2,1-4H3,(H,17,20)(H,18,21). The maximum absolute atomic E-state index is 11.9. The number of hydrogen-bond donors (Lipinski definition) is 3. The molecule has 0 saturated carbocycles. The summed E-state index contributed by atoms with van der Waals surface area (Å²) >= 11 is 0. The van der Waals surface area contributed by atoms with Crippen LogP contribution < -0.4 is 10.6 Å². The van der Waals surface area contributed by atoms with Gasteiger partial charge in [-0.2, -0.15) is 0 Å². The minimum absolute atomic E-state index is 0.0729. The van der Waals surface area contributed by atoms with Gasteiger partial charge in [-0.1, -0.05) is 40.5 Å². The number of nitrogens with one attached hydrogen (secondary N) is 2. The Morgan fingerprint density at radius 1 is 0.905 bits per heavy atom. The van der Waals surface area contributed by atoms with Crippen molar-refractivity contribution < 1.29 is 14.7 Å². The van der Waals surface area contributed by atoms with Crippen molar-refractivity contribution in [1.29, 1.82) is 0 Å². The lowest BCUT2D eigenvalue weighted by Crippen LogP contribution is -2.44. The van der Waals surface area contributed by atoms with Crippen molar-refractivity contribution in [2.24, 2.45) is 0 Å². The topological polar surface area (TPSA) is 78.4 Å². The van der Waals surface area contributed by atoms with E-state index in [0.717, 1.165) is 38.5 Å². The van der Waals surface area contributed by atoms with Crippen molar-refractivity contribution in [3.05, 3.63) is 0 Å². The third-order valence-corrected chi connectivity index (χ3v) is 3.65. The molecule has 0 radical (unpaired) electrons. The average Bonchev–Trinajstić information content (AvgIpc) is 2.45. The number of carbonyl (C=O) groups is 2. The molecule has 124 valence electrons. The van der Waals surface area contributed by atoms with E-state index < -0.39 is 12.0 Å². The van der Waals surface area contributed by atoms with Crippen LogP contribution >= 0.6 is 0 Å². The maximum atomic E-state index is 11.9. The van der Waals surface area contributed by atoms with E-state index in [1.54, 1.807) is 0 Å². The molecule has 0 saturated heterocycles. The van der Waals surface area contributed by atoms with E-state index >= 15 is 0 Å². The Hall–Kier alpha value is -1.10. The molecule has 0 fully saturated rings. The summed E-state index contributed by atoms with van der Waals surface area (Å²) in [4.78, 5) is 23.7. The largest absolute Gasteiger partial charge is 0.383 e. The number of carbonyl (C=O) groups excluding carboxylic acids is 2. The molecule has 2 amide bonds. The molecule has 5 heteroatoms. The van der Waals surface area contributed by atoms with Crippen molar-refractivity contribution in [3.8, 4) is 0 Å². The highest BCUT2D eigenvalue weighted by atomic mass is 16.3. The Bertz CT molecular complexity index is 308. The van der Waals surface area contributed by atoms with Crippen LogP contribution in [0.2, 0.25) is 0 Å². The van der Waals surface area contributed by atoms with Gasteiger partial charge in [-0.3, -0.25) is 9.59 Å². The first-order valence-corrected chi connectivity index (χ1v) is 8.26. The molecular formula is C16H32N2O3. The summed E-state index contributed by atoms with van der Waals surface area (Å²) in [6, 6.07) is 0.199. The van der Waals surface area contributed by atoms with E-state index in [1.807, 2.05) is 13.8 Å². The first-order chi connectivity index (χ1) is 9.98. The fourth-order valence-corrected chi connectivity index (χ4v) is 2.31. The number of aliphatic hydroxyl groups excluding tert-OH is 1. The molecule has 0 rings (SSSR count). The van der Waals surface area contributed by atoms with Gasteiger partial charge in [0.05, 0.1) is 6.42 Å². The second kappa shape index (κ2) is 11.5. The van der Waals surface area contributed by atoms with Gasteiger partial charge in [-0.05, 0) is 25.7 Å². The zero-order valence-corrected chi connectivity index (χ0v) is 13.9. The van der Waals surface area contributed by atoms with Crippen LogP contribution in [0.25, 0.3) is 0 Å². The van der Waals surface area contributed by atoms with E-state index in [-0.39, 0.29) is 24.4 Å². The number of aliphatic hydroxyl groups is 1. The molecule has 3 atom stereocenters. The summed E-state index contributed by atoms with van der Waals surface area (Å²) < 4.78 is 0. The van der Waals surface area contributed by atoms with Crippen LogP contribution in [-0.4, -0.2) is 35.1 Å². The molecule has 21 heavy (non-hydrogen) atoms. The van der Waals surface area contributed by atoms with E-state index in [9.17, 15) is 14.7 Å². The van der Waals surface area contributed by atoms with Crippen molar-refractivity contribution in [1.82, 2.24) is 10.6 Å². The van der Waals surface area contributed by atoms with Gasteiger partial charge in [-0.25, -0.2) is 0 Å². The molecule has 3 N–H and O–H groups in total. The summed E-state index contributed by atoms with van der Waals surface area (Å²) in [7, 11) is 0. The van der Waals surface area contributed by atoms with Gasteiger partial charge < -0.3 is 15.7 Å². The fourth-order valence-electron chi connectivity index (χ4n) is 2.31. The predicted molar refractivity (Wildman–Crippen MR) is 84.9 cm³/mol. The van der Waals surface area contributed by atoms with Crippen molar-refractivity contribution in [2.75, 3.05) is 0 Å². The van der Waals surface area contributed by atoms with Crippen LogP contribution in [0.15, 0.2) is 0 Å². The SMILES string of the molecule is CCCC(CC)NC(=O)CC(O)C(=O)NC(CC)CCC. The summed E-state index contributed by atoms with van der Waals surface area (Å²) in [6.45, 7) is 8.13. The number of hydrogen-bond acceptors (Lipinski definition) is 3. The molecule has 0 spiro atoms. The molecule has 0 aliphatic rings. The van der Waals surface area contributed by atoms with Gasteiger partial charge >= 0.3 is 0 Å². The highest BCUT2D eigenvalue weighted by Gasteiger charge is 2.22. The summed E-state index contributed by atoms with van der Waals surface area (Å²) in [5, 5.41) is 15.5. The average molecular weight is 300 g/mol. The Labute approximate surface area is 128 Å². The van der Waals surface area contributed by atoms with Crippen molar-refractivity contribution in [3.63, 3.8) is 0 Å². The smallest absolute Gasteiger partial charge is 0.249 e. The Kier molecular flexibility index (Phi) is 10.9. The van der Waals surface area contributed by atoms with Gasteiger partial charge in [0.2, 0.25) is 11.8 Å². The van der Waals surface area contributed by atoms with Crippen LogP contribution in [0.4, 0.5) is 0 Å². The second-order valence-corrected chi connectivity index (χ2v) is 5.58. The normalized spacial score (nSPS) is 15.1. The maximum Gasteiger partial charge on any atom is 0.249 e. The van der Waals surface area contributed by atoms with Crippen LogP contribution in [0, 0.1) is 0 Å². The van der Waals surface area contributed by atoms with Crippen LogP contribution in [0.3, 0.4) is 0 Å². The van der Waals surface area contributed by atoms with Crippen LogP contribution in [0.5, 0.6) is 0 Å².